The number of benzene rings is 1. The summed E-state index contributed by atoms with van der Waals surface area (Å²) in [5, 5.41) is 4.93. The molecule has 3 rings (SSSR count). The molecule has 3 nitrogen and oxygen atoms in total. The second kappa shape index (κ2) is 4.90. The summed E-state index contributed by atoms with van der Waals surface area (Å²) in [6, 6.07) is 9.61. The Labute approximate surface area is 115 Å². The predicted octanol–water partition coefficient (Wildman–Crippen LogP) is 3.77. The quantitative estimate of drug-likeness (QED) is 0.726. The Morgan fingerprint density at radius 3 is 2.95 bits per heavy atom. The van der Waals surface area contributed by atoms with Crippen LogP contribution in [0.5, 0.6) is 0 Å². The van der Waals surface area contributed by atoms with Gasteiger partial charge in [0.25, 0.3) is 5.91 Å². The van der Waals surface area contributed by atoms with E-state index < -0.39 is 0 Å². The average Bonchev–Trinajstić information content (AvgIpc) is 3.06. The molecular formula is C15H13NO2S. The minimum atomic E-state index is -0.0175. The van der Waals surface area contributed by atoms with Crippen LogP contribution in [0.3, 0.4) is 0 Å². The average molecular weight is 271 g/mol. The molecule has 0 N–H and O–H groups in total. The van der Waals surface area contributed by atoms with Gasteiger partial charge in [0.15, 0.2) is 0 Å². The van der Waals surface area contributed by atoms with E-state index in [1.54, 1.807) is 16.2 Å². The standard InChI is InChI=1S/C15H13NO2S/c1-16(8-11-6-7-19-10-11)15(17)13-9-18-14-5-3-2-4-12(13)14/h2-7,9-10H,8H2,1H3. The van der Waals surface area contributed by atoms with Crippen LogP contribution >= 0.6 is 11.3 Å². The van der Waals surface area contributed by atoms with Crippen molar-refractivity contribution in [3.8, 4) is 0 Å². The Hall–Kier alpha value is -2.07. The predicted molar refractivity (Wildman–Crippen MR) is 76.3 cm³/mol. The van der Waals surface area contributed by atoms with E-state index in [1.807, 2.05) is 42.8 Å². The molecule has 0 radical (unpaired) electrons. The third-order valence-corrected chi connectivity index (χ3v) is 3.79. The van der Waals surface area contributed by atoms with Crippen LogP contribution in [0.1, 0.15) is 15.9 Å². The van der Waals surface area contributed by atoms with Crippen molar-refractivity contribution in [2.24, 2.45) is 0 Å². The van der Waals surface area contributed by atoms with E-state index >= 15 is 0 Å². The highest BCUT2D eigenvalue weighted by molar-refractivity contribution is 7.07. The van der Waals surface area contributed by atoms with Gasteiger partial charge in [0.1, 0.15) is 11.8 Å². The molecule has 96 valence electrons. The summed E-state index contributed by atoms with van der Waals surface area (Å²) in [6.45, 7) is 0.613. The fourth-order valence-corrected chi connectivity index (χ4v) is 2.74. The number of amides is 1. The minimum Gasteiger partial charge on any atom is -0.463 e. The van der Waals surface area contributed by atoms with Gasteiger partial charge in [-0.15, -0.1) is 0 Å². The molecular weight excluding hydrogens is 258 g/mol. The molecule has 0 aliphatic rings. The lowest BCUT2D eigenvalue weighted by Crippen LogP contribution is -2.25. The maximum atomic E-state index is 12.4. The fourth-order valence-electron chi connectivity index (χ4n) is 2.08. The highest BCUT2D eigenvalue weighted by Crippen LogP contribution is 2.22. The summed E-state index contributed by atoms with van der Waals surface area (Å²) >= 11 is 1.64. The van der Waals surface area contributed by atoms with Crippen LogP contribution in [-0.4, -0.2) is 17.9 Å². The van der Waals surface area contributed by atoms with E-state index in [-0.39, 0.29) is 5.91 Å². The monoisotopic (exact) mass is 271 g/mol. The van der Waals surface area contributed by atoms with Crippen LogP contribution in [0.15, 0.2) is 51.8 Å². The van der Waals surface area contributed by atoms with E-state index in [2.05, 4.69) is 5.38 Å². The summed E-state index contributed by atoms with van der Waals surface area (Å²) in [4.78, 5) is 14.1. The first kappa shape index (κ1) is 12.0. The molecule has 0 fully saturated rings. The van der Waals surface area contributed by atoms with Gasteiger partial charge in [0, 0.05) is 19.0 Å². The highest BCUT2D eigenvalue weighted by atomic mass is 32.1. The van der Waals surface area contributed by atoms with E-state index in [9.17, 15) is 4.79 Å². The third kappa shape index (κ3) is 2.27. The number of carbonyl (C=O) groups is 1. The number of furan rings is 1. The van der Waals surface area contributed by atoms with E-state index in [0.29, 0.717) is 12.1 Å². The Balaban J connectivity index is 1.87. The smallest absolute Gasteiger partial charge is 0.257 e. The van der Waals surface area contributed by atoms with E-state index in [1.165, 1.54) is 6.26 Å². The summed E-state index contributed by atoms with van der Waals surface area (Å²) in [5.41, 5.74) is 2.51. The molecule has 0 saturated carbocycles. The molecule has 0 spiro atoms. The zero-order valence-corrected chi connectivity index (χ0v) is 11.3. The molecule has 1 amide bonds. The van der Waals surface area contributed by atoms with Crippen LogP contribution in [-0.2, 0) is 6.54 Å². The lowest BCUT2D eigenvalue weighted by atomic mass is 10.1. The van der Waals surface area contributed by atoms with E-state index in [4.69, 9.17) is 4.42 Å². The summed E-state index contributed by atoms with van der Waals surface area (Å²) < 4.78 is 5.41. The van der Waals surface area contributed by atoms with Crippen molar-refractivity contribution >= 4 is 28.2 Å². The third-order valence-electron chi connectivity index (χ3n) is 3.06. The maximum Gasteiger partial charge on any atom is 0.257 e. The van der Waals surface area contributed by atoms with Crippen molar-refractivity contribution in [1.29, 1.82) is 0 Å². The number of fused-ring (bicyclic) bond motifs is 1. The lowest BCUT2D eigenvalue weighted by molar-refractivity contribution is 0.0786. The number of para-hydroxylation sites is 1. The van der Waals surface area contributed by atoms with Crippen molar-refractivity contribution in [2.75, 3.05) is 7.05 Å². The van der Waals surface area contributed by atoms with Gasteiger partial charge in [-0.2, -0.15) is 11.3 Å². The molecule has 0 saturated heterocycles. The molecule has 2 aromatic heterocycles. The van der Waals surface area contributed by atoms with Crippen LogP contribution in [0.25, 0.3) is 11.0 Å². The summed E-state index contributed by atoms with van der Waals surface area (Å²) in [6.07, 6.45) is 1.54. The molecule has 0 atom stereocenters. The van der Waals surface area contributed by atoms with Crippen molar-refractivity contribution in [3.63, 3.8) is 0 Å². The molecule has 4 heteroatoms. The normalized spacial score (nSPS) is 10.8. The van der Waals surface area contributed by atoms with Gasteiger partial charge in [-0.1, -0.05) is 18.2 Å². The molecule has 0 aliphatic carbocycles. The number of thiophene rings is 1. The van der Waals surface area contributed by atoms with Crippen molar-refractivity contribution < 1.29 is 9.21 Å². The fraction of sp³-hybridized carbons (Fsp3) is 0.133. The van der Waals surface area contributed by atoms with Gasteiger partial charge in [-0.3, -0.25) is 4.79 Å². The highest BCUT2D eigenvalue weighted by Gasteiger charge is 2.17. The van der Waals surface area contributed by atoms with Crippen molar-refractivity contribution in [1.82, 2.24) is 4.90 Å². The summed E-state index contributed by atoms with van der Waals surface area (Å²) in [7, 11) is 1.81. The first-order valence-corrected chi connectivity index (χ1v) is 6.93. The Morgan fingerprint density at radius 1 is 1.32 bits per heavy atom. The minimum absolute atomic E-state index is 0.0175. The van der Waals surface area contributed by atoms with Crippen LogP contribution in [0.2, 0.25) is 0 Å². The van der Waals surface area contributed by atoms with Crippen LogP contribution in [0.4, 0.5) is 0 Å². The van der Waals surface area contributed by atoms with Crippen molar-refractivity contribution in [2.45, 2.75) is 6.54 Å². The molecule has 19 heavy (non-hydrogen) atoms. The maximum absolute atomic E-state index is 12.4. The van der Waals surface area contributed by atoms with E-state index in [0.717, 1.165) is 16.5 Å². The molecule has 2 heterocycles. The van der Waals surface area contributed by atoms with Gasteiger partial charge in [0.05, 0.1) is 5.56 Å². The number of carbonyl (C=O) groups excluding carboxylic acids is 1. The van der Waals surface area contributed by atoms with Gasteiger partial charge in [0.2, 0.25) is 0 Å². The topological polar surface area (TPSA) is 33.5 Å². The van der Waals surface area contributed by atoms with Gasteiger partial charge in [-0.25, -0.2) is 0 Å². The molecule has 1 aromatic carbocycles. The molecule has 0 aliphatic heterocycles. The first-order chi connectivity index (χ1) is 9.25. The number of rotatable bonds is 3. The molecule has 0 bridgehead atoms. The van der Waals surface area contributed by atoms with Crippen molar-refractivity contribution in [3.05, 3.63) is 58.5 Å². The largest absolute Gasteiger partial charge is 0.463 e. The Bertz CT molecular complexity index is 700. The molecule has 3 aromatic rings. The van der Waals surface area contributed by atoms with Crippen LogP contribution < -0.4 is 0 Å². The zero-order chi connectivity index (χ0) is 13.2. The van der Waals surface area contributed by atoms with Gasteiger partial charge >= 0.3 is 0 Å². The van der Waals surface area contributed by atoms with Gasteiger partial charge < -0.3 is 9.32 Å². The van der Waals surface area contributed by atoms with Gasteiger partial charge in [-0.05, 0) is 28.5 Å². The second-order valence-corrected chi connectivity index (χ2v) is 5.22. The first-order valence-electron chi connectivity index (χ1n) is 5.98. The summed E-state index contributed by atoms with van der Waals surface area (Å²) in [5.74, 6) is -0.0175. The SMILES string of the molecule is CN(Cc1ccsc1)C(=O)c1coc2ccccc12. The lowest BCUT2D eigenvalue weighted by Gasteiger charge is -2.15. The number of nitrogens with zero attached hydrogens (tertiary/aromatic N) is 1. The zero-order valence-electron chi connectivity index (χ0n) is 10.5. The Morgan fingerprint density at radius 2 is 2.16 bits per heavy atom. The molecule has 0 unspecified atom stereocenters. The van der Waals surface area contributed by atoms with Crippen LogP contribution in [0, 0.1) is 0 Å². The Kier molecular flexibility index (Phi) is 3.09. The second-order valence-electron chi connectivity index (χ2n) is 4.44. The number of hydrogen-bond acceptors (Lipinski definition) is 3. The number of hydrogen-bond donors (Lipinski definition) is 0.